The van der Waals surface area contributed by atoms with Gasteiger partial charge in [-0.15, -0.1) is 0 Å². The molecule has 4 heterocycles. The third kappa shape index (κ3) is 3.80. The van der Waals surface area contributed by atoms with Gasteiger partial charge in [0, 0.05) is 47.8 Å². The van der Waals surface area contributed by atoms with Crippen molar-refractivity contribution < 1.29 is 22.4 Å². The van der Waals surface area contributed by atoms with Crippen molar-refractivity contribution in [2.24, 2.45) is 5.73 Å². The molecular formula is C22H16F4N8O. The minimum Gasteiger partial charge on any atom is -0.384 e. The number of hydrogen-bond acceptors (Lipinski definition) is 6. The molecule has 1 amide bonds. The molecule has 4 N–H and O–H groups in total. The molecule has 0 aliphatic carbocycles. The number of benzene rings is 1. The van der Waals surface area contributed by atoms with Gasteiger partial charge in [-0.25, -0.2) is 24.0 Å². The van der Waals surface area contributed by atoms with Crippen molar-refractivity contribution in [2.75, 3.05) is 11.9 Å². The van der Waals surface area contributed by atoms with Crippen LogP contribution in [0.15, 0.2) is 43.0 Å². The number of anilines is 1. The fourth-order valence-corrected chi connectivity index (χ4v) is 3.88. The fourth-order valence-electron chi connectivity index (χ4n) is 3.88. The molecular weight excluding hydrogens is 468 g/mol. The summed E-state index contributed by atoms with van der Waals surface area (Å²) in [5.74, 6) is -1.61. The Morgan fingerprint density at radius 2 is 1.91 bits per heavy atom. The predicted molar refractivity (Wildman–Crippen MR) is 119 cm³/mol. The lowest BCUT2D eigenvalue weighted by Crippen LogP contribution is -2.15. The van der Waals surface area contributed by atoms with Crippen molar-refractivity contribution in [3.8, 4) is 16.8 Å². The lowest BCUT2D eigenvalue weighted by molar-refractivity contribution is -0.141. The van der Waals surface area contributed by atoms with Gasteiger partial charge in [0.05, 0.1) is 22.3 Å². The molecule has 0 saturated heterocycles. The molecule has 0 aliphatic rings. The van der Waals surface area contributed by atoms with E-state index in [1.165, 1.54) is 30.7 Å². The maximum Gasteiger partial charge on any atom is 0.435 e. The molecule has 0 fully saturated rings. The van der Waals surface area contributed by atoms with E-state index in [0.717, 1.165) is 16.9 Å². The number of aromatic amines is 1. The van der Waals surface area contributed by atoms with Gasteiger partial charge in [-0.3, -0.25) is 4.79 Å². The van der Waals surface area contributed by atoms with Gasteiger partial charge < -0.3 is 16.0 Å². The highest BCUT2D eigenvalue weighted by Crippen LogP contribution is 2.39. The van der Waals surface area contributed by atoms with Gasteiger partial charge in [0.2, 0.25) is 5.82 Å². The van der Waals surface area contributed by atoms with Crippen molar-refractivity contribution >= 4 is 33.5 Å². The molecule has 5 aromatic rings. The Hall–Kier alpha value is -4.55. The first-order valence-corrected chi connectivity index (χ1v) is 10.3. The summed E-state index contributed by atoms with van der Waals surface area (Å²) in [5, 5.41) is 7.52. The van der Waals surface area contributed by atoms with Gasteiger partial charge in [0.1, 0.15) is 11.5 Å². The number of fused-ring (bicyclic) bond motifs is 3. The van der Waals surface area contributed by atoms with Crippen LogP contribution in [0.1, 0.15) is 23.2 Å². The van der Waals surface area contributed by atoms with Crippen LogP contribution in [0.25, 0.3) is 38.8 Å². The highest BCUT2D eigenvalue weighted by Gasteiger charge is 2.34. The van der Waals surface area contributed by atoms with Gasteiger partial charge in [-0.1, -0.05) is 0 Å². The van der Waals surface area contributed by atoms with Crippen LogP contribution in [-0.4, -0.2) is 42.2 Å². The summed E-state index contributed by atoms with van der Waals surface area (Å²) in [6.45, 7) is 2.36. The Morgan fingerprint density at radius 1 is 1.17 bits per heavy atom. The summed E-state index contributed by atoms with van der Waals surface area (Å²) >= 11 is 0. The monoisotopic (exact) mass is 484 g/mol. The minimum atomic E-state index is -4.67. The van der Waals surface area contributed by atoms with Crippen LogP contribution < -0.4 is 11.1 Å². The number of carbonyl (C=O) groups excluding carboxylic acids is 1. The third-order valence-electron chi connectivity index (χ3n) is 5.33. The molecule has 1 aromatic carbocycles. The lowest BCUT2D eigenvalue weighted by Gasteiger charge is -2.12. The molecule has 0 spiro atoms. The Kier molecular flexibility index (Phi) is 5.11. The second kappa shape index (κ2) is 8.04. The smallest absolute Gasteiger partial charge is 0.384 e. The normalized spacial score (nSPS) is 11.9. The number of nitrogens with one attached hydrogen (secondary N) is 2. The number of rotatable bonds is 5. The molecule has 9 nitrogen and oxygen atoms in total. The summed E-state index contributed by atoms with van der Waals surface area (Å²) in [6.07, 6.45) is 0.492. The van der Waals surface area contributed by atoms with Gasteiger partial charge in [0.15, 0.2) is 5.69 Å². The summed E-state index contributed by atoms with van der Waals surface area (Å²) in [7, 11) is 0. The maximum atomic E-state index is 14.6. The van der Waals surface area contributed by atoms with Gasteiger partial charge in [-0.2, -0.15) is 18.3 Å². The van der Waals surface area contributed by atoms with Crippen LogP contribution in [0.4, 0.5) is 23.2 Å². The number of amides is 1. The summed E-state index contributed by atoms with van der Waals surface area (Å²) in [4.78, 5) is 26.7. The van der Waals surface area contributed by atoms with E-state index in [1.54, 1.807) is 0 Å². The van der Waals surface area contributed by atoms with Crippen LogP contribution in [-0.2, 0) is 6.18 Å². The predicted octanol–water partition coefficient (Wildman–Crippen LogP) is 4.05. The van der Waals surface area contributed by atoms with Crippen molar-refractivity contribution in [1.29, 1.82) is 0 Å². The second-order valence-corrected chi connectivity index (χ2v) is 7.58. The number of alkyl halides is 3. The van der Waals surface area contributed by atoms with Gasteiger partial charge >= 0.3 is 6.18 Å². The van der Waals surface area contributed by atoms with E-state index >= 15 is 0 Å². The largest absolute Gasteiger partial charge is 0.435 e. The molecule has 0 atom stereocenters. The Balaban J connectivity index is 1.86. The molecule has 0 bridgehead atoms. The molecule has 0 aliphatic heterocycles. The van der Waals surface area contributed by atoms with E-state index < -0.39 is 23.6 Å². The number of hydrogen-bond donors (Lipinski definition) is 3. The lowest BCUT2D eigenvalue weighted by atomic mass is 10.0. The van der Waals surface area contributed by atoms with E-state index in [0.29, 0.717) is 45.3 Å². The van der Waals surface area contributed by atoms with E-state index in [2.05, 4.69) is 30.4 Å². The number of nitrogens with two attached hydrogens (primary N) is 1. The first-order chi connectivity index (χ1) is 16.7. The summed E-state index contributed by atoms with van der Waals surface area (Å²) in [5.41, 5.74) is 6.24. The highest BCUT2D eigenvalue weighted by atomic mass is 19.4. The molecule has 0 unspecified atom stereocenters. The first-order valence-electron chi connectivity index (χ1n) is 10.3. The average molecular weight is 484 g/mol. The van der Waals surface area contributed by atoms with Crippen molar-refractivity contribution in [3.63, 3.8) is 0 Å². The van der Waals surface area contributed by atoms with E-state index in [9.17, 15) is 22.4 Å². The van der Waals surface area contributed by atoms with Crippen LogP contribution in [0.3, 0.4) is 0 Å². The Labute approximate surface area is 194 Å². The number of nitrogens with zero attached hydrogens (tertiary/aromatic N) is 5. The van der Waals surface area contributed by atoms with Crippen molar-refractivity contribution in [3.05, 3.63) is 60.3 Å². The van der Waals surface area contributed by atoms with Crippen molar-refractivity contribution in [2.45, 2.75) is 13.1 Å². The minimum absolute atomic E-state index is 0.195. The van der Waals surface area contributed by atoms with Crippen LogP contribution in [0.5, 0.6) is 0 Å². The third-order valence-corrected chi connectivity index (χ3v) is 5.33. The van der Waals surface area contributed by atoms with Gasteiger partial charge in [-0.05, 0) is 25.1 Å². The molecule has 4 aromatic heterocycles. The zero-order valence-electron chi connectivity index (χ0n) is 18.0. The first kappa shape index (κ1) is 22.3. The number of primary amides is 1. The van der Waals surface area contributed by atoms with Gasteiger partial charge in [0.25, 0.3) is 5.91 Å². The standard InChI is InChI=1S/C22H16F4N8O/c1-2-28-14-6-11(23)5-12-16-18(34-4-3-15(33-34)22(24,25)26)13(9-31-20(16)32-17(12)14)10-7-29-21(19(27)35)30-8-10/h3-9,28H,2H2,1H3,(H2,27,35)(H,31,32). The second-order valence-electron chi connectivity index (χ2n) is 7.58. The van der Waals surface area contributed by atoms with E-state index in [-0.39, 0.29) is 11.5 Å². The van der Waals surface area contributed by atoms with Crippen LogP contribution in [0.2, 0.25) is 0 Å². The quantitative estimate of drug-likeness (QED) is 0.323. The maximum absolute atomic E-state index is 14.6. The van der Waals surface area contributed by atoms with Crippen LogP contribution >= 0.6 is 0 Å². The SMILES string of the molecule is CCNc1cc(F)cc2c1[nH]c1ncc(-c3cnc(C(N)=O)nc3)c(-n3ccc(C(F)(F)F)n3)c12. The number of halogens is 4. The highest BCUT2D eigenvalue weighted by molar-refractivity contribution is 6.15. The topological polar surface area (TPSA) is 127 Å². The van der Waals surface area contributed by atoms with E-state index in [1.807, 2.05) is 6.92 Å². The fraction of sp³-hybridized carbons (Fsp3) is 0.136. The molecule has 35 heavy (non-hydrogen) atoms. The molecule has 0 radical (unpaired) electrons. The number of carbonyl (C=O) groups is 1. The summed E-state index contributed by atoms with van der Waals surface area (Å²) < 4.78 is 55.6. The van der Waals surface area contributed by atoms with Crippen molar-refractivity contribution in [1.82, 2.24) is 29.7 Å². The molecule has 13 heteroatoms. The van der Waals surface area contributed by atoms with E-state index in [4.69, 9.17) is 5.73 Å². The zero-order chi connectivity index (χ0) is 24.9. The molecule has 0 saturated carbocycles. The Bertz CT molecular complexity index is 1590. The number of aromatic nitrogens is 6. The van der Waals surface area contributed by atoms with Crippen LogP contribution in [0, 0.1) is 5.82 Å². The molecule has 178 valence electrons. The molecule has 5 rings (SSSR count). The number of H-pyrrole nitrogens is 1. The summed E-state index contributed by atoms with van der Waals surface area (Å²) in [6, 6.07) is 3.42. The average Bonchev–Trinajstić information content (AvgIpc) is 3.44. The zero-order valence-corrected chi connectivity index (χ0v) is 18.0. The Morgan fingerprint density at radius 3 is 2.54 bits per heavy atom. The number of pyridine rings is 1.